The molecule has 0 radical (unpaired) electrons. The summed E-state index contributed by atoms with van der Waals surface area (Å²) in [6.45, 7) is 9.89. The van der Waals surface area contributed by atoms with Gasteiger partial charge in [-0.15, -0.1) is 13.2 Å². The van der Waals surface area contributed by atoms with Crippen LogP contribution in [-0.4, -0.2) is 37.0 Å². The predicted molar refractivity (Wildman–Crippen MR) is 89.6 cm³/mol. The third-order valence-electron chi connectivity index (χ3n) is 4.00. The van der Waals surface area contributed by atoms with Crippen molar-refractivity contribution in [3.8, 4) is 11.5 Å². The Morgan fingerprint density at radius 3 is 2.21 bits per heavy atom. The minimum atomic E-state index is -4.65. The third-order valence-corrected chi connectivity index (χ3v) is 4.00. The molecule has 1 aromatic rings. The molecule has 0 aromatic heterocycles. The second-order valence-electron chi connectivity index (χ2n) is 5.58. The van der Waals surface area contributed by atoms with E-state index in [1.165, 1.54) is 12.1 Å². The van der Waals surface area contributed by atoms with Crippen LogP contribution in [-0.2, 0) is 6.42 Å². The monoisotopic (exact) mass is 347 g/mol. The molecule has 1 spiro atoms. The first kappa shape index (κ1) is 20.6. The number of nitrogens with zero attached hydrogens (tertiary/aromatic N) is 1. The molecule has 3 nitrogen and oxygen atoms in total. The molecule has 1 fully saturated rings. The summed E-state index contributed by atoms with van der Waals surface area (Å²) in [5.41, 5.74) is 0.558. The Morgan fingerprint density at radius 2 is 1.67 bits per heavy atom. The molecular formula is C18H28F3NO2. The fraction of sp³-hybridized carbons (Fsp3) is 0.667. The molecule has 3 rings (SSSR count). The Morgan fingerprint density at radius 1 is 1.08 bits per heavy atom. The van der Waals surface area contributed by atoms with Gasteiger partial charge in [0, 0.05) is 37.9 Å². The SMILES string of the molecule is CC.CC.CN1CCC2(CC1)Cc1cc(OC(F)(F)F)ccc1O2. The van der Waals surface area contributed by atoms with Crippen LogP contribution in [0.15, 0.2) is 18.2 Å². The summed E-state index contributed by atoms with van der Waals surface area (Å²) in [5, 5.41) is 0. The van der Waals surface area contributed by atoms with Crippen molar-refractivity contribution in [1.82, 2.24) is 4.90 Å². The van der Waals surface area contributed by atoms with Crippen molar-refractivity contribution >= 4 is 0 Å². The van der Waals surface area contributed by atoms with Crippen molar-refractivity contribution in [3.05, 3.63) is 23.8 Å². The van der Waals surface area contributed by atoms with Crippen molar-refractivity contribution in [1.29, 1.82) is 0 Å². The summed E-state index contributed by atoms with van der Waals surface area (Å²) in [4.78, 5) is 2.23. The molecule has 0 saturated carbocycles. The quantitative estimate of drug-likeness (QED) is 0.711. The van der Waals surface area contributed by atoms with Gasteiger partial charge in [0.25, 0.3) is 0 Å². The lowest BCUT2D eigenvalue weighted by Crippen LogP contribution is -2.45. The Bertz CT molecular complexity index is 509. The predicted octanol–water partition coefficient (Wildman–Crippen LogP) is 5.04. The van der Waals surface area contributed by atoms with E-state index in [1.807, 2.05) is 27.7 Å². The van der Waals surface area contributed by atoms with Gasteiger partial charge in [-0.1, -0.05) is 27.7 Å². The highest BCUT2D eigenvalue weighted by Gasteiger charge is 2.42. The first-order valence-electron chi connectivity index (χ1n) is 8.62. The lowest BCUT2D eigenvalue weighted by molar-refractivity contribution is -0.274. The van der Waals surface area contributed by atoms with Crippen LogP contribution >= 0.6 is 0 Å². The van der Waals surface area contributed by atoms with Crippen molar-refractivity contribution < 1.29 is 22.6 Å². The highest BCUT2D eigenvalue weighted by Crippen LogP contribution is 2.42. The van der Waals surface area contributed by atoms with Crippen LogP contribution in [0.25, 0.3) is 0 Å². The molecule has 0 bridgehead atoms. The number of rotatable bonds is 1. The zero-order chi connectivity index (χ0) is 18.4. The second-order valence-corrected chi connectivity index (χ2v) is 5.58. The molecule has 0 aliphatic carbocycles. The smallest absolute Gasteiger partial charge is 0.487 e. The van der Waals surface area contributed by atoms with Gasteiger partial charge in [-0.3, -0.25) is 0 Å². The number of ether oxygens (including phenoxy) is 2. The minimum Gasteiger partial charge on any atom is -0.487 e. The van der Waals surface area contributed by atoms with Crippen molar-refractivity contribution in [2.45, 2.75) is 58.9 Å². The van der Waals surface area contributed by atoms with Crippen LogP contribution in [0.4, 0.5) is 13.2 Å². The zero-order valence-electron chi connectivity index (χ0n) is 15.2. The first-order chi connectivity index (χ1) is 11.4. The summed E-state index contributed by atoms with van der Waals surface area (Å²) in [6.07, 6.45) is -2.20. The topological polar surface area (TPSA) is 21.7 Å². The summed E-state index contributed by atoms with van der Waals surface area (Å²) >= 11 is 0. The van der Waals surface area contributed by atoms with Gasteiger partial charge in [-0.2, -0.15) is 0 Å². The molecule has 2 aliphatic heterocycles. The van der Waals surface area contributed by atoms with E-state index in [2.05, 4.69) is 16.7 Å². The number of halogens is 3. The number of hydrogen-bond donors (Lipinski definition) is 0. The highest BCUT2D eigenvalue weighted by atomic mass is 19.4. The average Bonchev–Trinajstić information content (AvgIpc) is 2.90. The molecule has 1 saturated heterocycles. The highest BCUT2D eigenvalue weighted by molar-refractivity contribution is 5.44. The molecule has 0 unspecified atom stereocenters. The van der Waals surface area contributed by atoms with E-state index >= 15 is 0 Å². The van der Waals surface area contributed by atoms with Gasteiger partial charge in [0.15, 0.2) is 0 Å². The summed E-state index contributed by atoms with van der Waals surface area (Å²) in [6, 6.07) is 4.32. The Kier molecular flexibility index (Phi) is 7.39. The van der Waals surface area contributed by atoms with Gasteiger partial charge < -0.3 is 14.4 Å². The lowest BCUT2D eigenvalue weighted by Gasteiger charge is -2.37. The number of benzene rings is 1. The van der Waals surface area contributed by atoms with E-state index < -0.39 is 6.36 Å². The largest absolute Gasteiger partial charge is 0.573 e. The van der Waals surface area contributed by atoms with Crippen LogP contribution in [0, 0.1) is 0 Å². The lowest BCUT2D eigenvalue weighted by atomic mass is 9.87. The van der Waals surface area contributed by atoms with Crippen LogP contribution in [0.2, 0.25) is 0 Å². The minimum absolute atomic E-state index is 0.176. The van der Waals surface area contributed by atoms with Gasteiger partial charge >= 0.3 is 6.36 Å². The second kappa shape index (κ2) is 8.60. The van der Waals surface area contributed by atoms with Gasteiger partial charge in [-0.05, 0) is 25.2 Å². The van der Waals surface area contributed by atoms with Gasteiger partial charge in [0.05, 0.1) is 0 Å². The number of alkyl halides is 3. The van der Waals surface area contributed by atoms with Crippen molar-refractivity contribution in [2.24, 2.45) is 0 Å². The van der Waals surface area contributed by atoms with E-state index in [0.29, 0.717) is 12.2 Å². The molecule has 2 aliphatic rings. The van der Waals surface area contributed by atoms with E-state index in [1.54, 1.807) is 6.07 Å². The molecule has 24 heavy (non-hydrogen) atoms. The van der Waals surface area contributed by atoms with Gasteiger partial charge in [-0.25, -0.2) is 0 Å². The van der Waals surface area contributed by atoms with Crippen LogP contribution in [0.3, 0.4) is 0 Å². The molecular weight excluding hydrogens is 319 g/mol. The number of hydrogen-bond acceptors (Lipinski definition) is 3. The zero-order valence-corrected chi connectivity index (χ0v) is 15.2. The summed E-state index contributed by atoms with van der Waals surface area (Å²) in [5.74, 6) is 0.508. The number of fused-ring (bicyclic) bond motifs is 1. The number of likely N-dealkylation sites (tertiary alicyclic amines) is 1. The van der Waals surface area contributed by atoms with Gasteiger partial charge in [0.1, 0.15) is 17.1 Å². The van der Waals surface area contributed by atoms with E-state index in [9.17, 15) is 13.2 Å². The molecule has 1 aromatic carbocycles. The van der Waals surface area contributed by atoms with Crippen molar-refractivity contribution in [2.75, 3.05) is 20.1 Å². The molecule has 2 heterocycles. The first-order valence-corrected chi connectivity index (χ1v) is 8.62. The van der Waals surface area contributed by atoms with E-state index in [0.717, 1.165) is 31.5 Å². The van der Waals surface area contributed by atoms with E-state index in [4.69, 9.17) is 4.74 Å². The van der Waals surface area contributed by atoms with E-state index in [-0.39, 0.29) is 11.4 Å². The Labute approximate surface area is 142 Å². The standard InChI is InChI=1S/C14H16F3NO2.2C2H6/c1-18-6-4-13(5-7-18)9-10-8-11(19-14(15,16)17)2-3-12(10)20-13;2*1-2/h2-3,8H,4-7,9H2,1H3;2*1-2H3. The molecule has 0 atom stereocenters. The van der Waals surface area contributed by atoms with Crippen molar-refractivity contribution in [3.63, 3.8) is 0 Å². The molecule has 6 heteroatoms. The normalized spacial score (nSPS) is 18.5. The maximum atomic E-state index is 12.2. The molecule has 0 N–H and O–H groups in total. The fourth-order valence-electron chi connectivity index (χ4n) is 2.91. The molecule has 0 amide bonds. The average molecular weight is 347 g/mol. The fourth-order valence-corrected chi connectivity index (χ4v) is 2.91. The maximum Gasteiger partial charge on any atom is 0.573 e. The maximum absolute atomic E-state index is 12.2. The van der Waals surface area contributed by atoms with Gasteiger partial charge in [0.2, 0.25) is 0 Å². The number of piperidine rings is 1. The third kappa shape index (κ3) is 5.30. The van der Waals surface area contributed by atoms with Crippen LogP contribution in [0.1, 0.15) is 46.1 Å². The van der Waals surface area contributed by atoms with Crippen LogP contribution in [0.5, 0.6) is 11.5 Å². The summed E-state index contributed by atoms with van der Waals surface area (Å²) in [7, 11) is 2.06. The van der Waals surface area contributed by atoms with Crippen LogP contribution < -0.4 is 9.47 Å². The Hall–Kier alpha value is -1.43. The Balaban J connectivity index is 0.000000671. The molecule has 138 valence electrons. The summed E-state index contributed by atoms with van der Waals surface area (Å²) < 4.78 is 46.6.